The van der Waals surface area contributed by atoms with E-state index >= 15 is 0 Å². The summed E-state index contributed by atoms with van der Waals surface area (Å²) < 4.78 is 0. The molecule has 2 N–H and O–H groups in total. The molecule has 0 atom stereocenters. The van der Waals surface area contributed by atoms with Crippen molar-refractivity contribution in [2.45, 2.75) is 26.7 Å². The van der Waals surface area contributed by atoms with Gasteiger partial charge in [0.25, 0.3) is 0 Å². The minimum atomic E-state index is 0.177. The average Bonchev–Trinajstić information content (AvgIpc) is 2.49. The number of hydrogen-bond acceptors (Lipinski definition) is 4. The zero-order valence-corrected chi connectivity index (χ0v) is 12.4. The maximum atomic E-state index is 12.3. The van der Waals surface area contributed by atoms with Crippen molar-refractivity contribution in [2.75, 3.05) is 36.8 Å². The van der Waals surface area contributed by atoms with Gasteiger partial charge in [-0.05, 0) is 25.0 Å². The lowest BCUT2D eigenvalue weighted by Crippen LogP contribution is -2.50. The van der Waals surface area contributed by atoms with Gasteiger partial charge in [0.1, 0.15) is 5.82 Å². The van der Waals surface area contributed by atoms with Gasteiger partial charge in [-0.2, -0.15) is 0 Å². The van der Waals surface area contributed by atoms with Crippen molar-refractivity contribution in [1.82, 2.24) is 9.88 Å². The Balaban J connectivity index is 1.92. The molecule has 1 aromatic rings. The smallest absolute Gasteiger partial charge is 0.225 e. The van der Waals surface area contributed by atoms with Crippen LogP contribution in [0, 0.1) is 5.92 Å². The number of aromatic nitrogens is 1. The van der Waals surface area contributed by atoms with Crippen LogP contribution in [0.3, 0.4) is 0 Å². The van der Waals surface area contributed by atoms with Crippen molar-refractivity contribution in [3.05, 3.63) is 18.3 Å². The molecular formula is C15H24N4O. The lowest BCUT2D eigenvalue weighted by Gasteiger charge is -2.36. The summed E-state index contributed by atoms with van der Waals surface area (Å²) in [6.45, 7) is 7.40. The molecule has 0 spiro atoms. The van der Waals surface area contributed by atoms with Gasteiger partial charge in [0.15, 0.2) is 0 Å². The highest BCUT2D eigenvalue weighted by molar-refractivity contribution is 5.79. The summed E-state index contributed by atoms with van der Waals surface area (Å²) in [7, 11) is 0. The predicted molar refractivity (Wildman–Crippen MR) is 81.5 cm³/mol. The van der Waals surface area contributed by atoms with Crippen LogP contribution < -0.4 is 10.6 Å². The zero-order chi connectivity index (χ0) is 14.5. The van der Waals surface area contributed by atoms with Gasteiger partial charge in [-0.25, -0.2) is 4.98 Å². The first-order valence-corrected chi connectivity index (χ1v) is 7.41. The van der Waals surface area contributed by atoms with Crippen LogP contribution in [-0.2, 0) is 4.79 Å². The third-order valence-electron chi connectivity index (χ3n) is 4.02. The molecule has 1 amide bonds. The number of carbonyl (C=O) groups excluding carboxylic acids is 1. The van der Waals surface area contributed by atoms with Crippen molar-refractivity contribution in [3.63, 3.8) is 0 Å². The second-order valence-electron chi connectivity index (χ2n) is 5.28. The molecule has 0 unspecified atom stereocenters. The number of nitrogen functional groups attached to an aromatic ring is 1. The van der Waals surface area contributed by atoms with E-state index in [1.165, 1.54) is 0 Å². The Bertz CT molecular complexity index is 434. The topological polar surface area (TPSA) is 62.5 Å². The predicted octanol–water partition coefficient (Wildman–Crippen LogP) is 1.75. The number of anilines is 2. The molecule has 1 aliphatic rings. The molecule has 0 saturated carbocycles. The van der Waals surface area contributed by atoms with Gasteiger partial charge in [-0.3, -0.25) is 4.79 Å². The van der Waals surface area contributed by atoms with Crippen LogP contribution >= 0.6 is 0 Å². The first kappa shape index (κ1) is 14.6. The third kappa shape index (κ3) is 3.21. The molecule has 0 bridgehead atoms. The maximum absolute atomic E-state index is 12.3. The Hall–Kier alpha value is -1.78. The van der Waals surface area contributed by atoms with Crippen molar-refractivity contribution in [3.8, 4) is 0 Å². The van der Waals surface area contributed by atoms with Gasteiger partial charge >= 0.3 is 0 Å². The number of piperazine rings is 1. The van der Waals surface area contributed by atoms with E-state index in [-0.39, 0.29) is 5.92 Å². The number of rotatable bonds is 4. The van der Waals surface area contributed by atoms with E-state index in [1.54, 1.807) is 6.20 Å². The van der Waals surface area contributed by atoms with Crippen LogP contribution in [0.5, 0.6) is 0 Å². The number of pyridine rings is 1. The standard InChI is InChI=1S/C15H24N4O/c1-3-12(4-2)15(20)19-9-7-18(8-10-19)14-6-5-13(16)11-17-14/h5-6,11-12H,3-4,7-10,16H2,1-2H3. The van der Waals surface area contributed by atoms with E-state index in [2.05, 4.69) is 23.7 Å². The van der Waals surface area contributed by atoms with Crippen molar-refractivity contribution in [1.29, 1.82) is 0 Å². The highest BCUT2D eigenvalue weighted by Gasteiger charge is 2.25. The molecule has 2 rings (SSSR count). The van der Waals surface area contributed by atoms with Gasteiger partial charge in [-0.1, -0.05) is 13.8 Å². The fourth-order valence-electron chi connectivity index (χ4n) is 2.64. The van der Waals surface area contributed by atoms with E-state index in [1.807, 2.05) is 17.0 Å². The van der Waals surface area contributed by atoms with Gasteiger partial charge in [-0.15, -0.1) is 0 Å². The summed E-state index contributed by atoms with van der Waals surface area (Å²) in [6.07, 6.45) is 3.53. The van der Waals surface area contributed by atoms with Crippen molar-refractivity contribution in [2.24, 2.45) is 5.92 Å². The molecule has 1 saturated heterocycles. The first-order chi connectivity index (χ1) is 9.65. The van der Waals surface area contributed by atoms with Crippen LogP contribution in [0.25, 0.3) is 0 Å². The van der Waals surface area contributed by atoms with Crippen LogP contribution in [0.1, 0.15) is 26.7 Å². The molecule has 2 heterocycles. The second-order valence-corrected chi connectivity index (χ2v) is 5.28. The van der Waals surface area contributed by atoms with Gasteiger partial charge in [0.05, 0.1) is 11.9 Å². The molecule has 1 aliphatic heterocycles. The van der Waals surface area contributed by atoms with E-state index in [0.29, 0.717) is 11.6 Å². The Morgan fingerprint density at radius 1 is 1.25 bits per heavy atom. The molecule has 110 valence electrons. The maximum Gasteiger partial charge on any atom is 0.225 e. The van der Waals surface area contributed by atoms with Gasteiger partial charge in [0, 0.05) is 32.1 Å². The van der Waals surface area contributed by atoms with Crippen molar-refractivity contribution >= 4 is 17.4 Å². The van der Waals surface area contributed by atoms with Gasteiger partial charge in [0.2, 0.25) is 5.91 Å². The lowest BCUT2D eigenvalue weighted by atomic mass is 10.0. The molecule has 20 heavy (non-hydrogen) atoms. The molecule has 1 aromatic heterocycles. The van der Waals surface area contributed by atoms with E-state index in [0.717, 1.165) is 44.8 Å². The number of carbonyl (C=O) groups is 1. The highest BCUT2D eigenvalue weighted by atomic mass is 16.2. The minimum absolute atomic E-state index is 0.177. The van der Waals surface area contributed by atoms with Crippen LogP contribution in [0.4, 0.5) is 11.5 Å². The summed E-state index contributed by atoms with van der Waals surface area (Å²) in [4.78, 5) is 20.9. The molecule has 0 aliphatic carbocycles. The van der Waals surface area contributed by atoms with Crippen LogP contribution in [0.2, 0.25) is 0 Å². The normalized spacial score (nSPS) is 15.8. The molecule has 5 nitrogen and oxygen atoms in total. The summed E-state index contributed by atoms with van der Waals surface area (Å²) in [6, 6.07) is 3.80. The van der Waals surface area contributed by atoms with E-state index < -0.39 is 0 Å². The third-order valence-corrected chi connectivity index (χ3v) is 4.02. The average molecular weight is 276 g/mol. The highest BCUT2D eigenvalue weighted by Crippen LogP contribution is 2.17. The largest absolute Gasteiger partial charge is 0.397 e. The second kappa shape index (κ2) is 6.59. The van der Waals surface area contributed by atoms with Crippen LogP contribution in [-0.4, -0.2) is 42.0 Å². The number of nitrogens with two attached hydrogens (primary N) is 1. The van der Waals surface area contributed by atoms with E-state index in [4.69, 9.17) is 5.73 Å². The number of nitrogens with zero attached hydrogens (tertiary/aromatic N) is 3. The monoisotopic (exact) mass is 276 g/mol. The zero-order valence-electron chi connectivity index (χ0n) is 12.4. The van der Waals surface area contributed by atoms with Crippen LogP contribution in [0.15, 0.2) is 18.3 Å². The first-order valence-electron chi connectivity index (χ1n) is 7.41. The molecule has 0 radical (unpaired) electrons. The van der Waals surface area contributed by atoms with E-state index in [9.17, 15) is 4.79 Å². The summed E-state index contributed by atoms with van der Waals surface area (Å²) in [5.41, 5.74) is 6.33. The van der Waals surface area contributed by atoms with Crippen molar-refractivity contribution < 1.29 is 4.79 Å². The quantitative estimate of drug-likeness (QED) is 0.910. The fraction of sp³-hybridized carbons (Fsp3) is 0.600. The fourth-order valence-corrected chi connectivity index (χ4v) is 2.64. The Morgan fingerprint density at radius 3 is 2.40 bits per heavy atom. The number of hydrogen-bond donors (Lipinski definition) is 1. The molecular weight excluding hydrogens is 252 g/mol. The lowest BCUT2D eigenvalue weighted by molar-refractivity contribution is -0.136. The molecule has 5 heteroatoms. The molecule has 0 aromatic carbocycles. The summed E-state index contributed by atoms with van der Waals surface area (Å²) >= 11 is 0. The Labute approximate surface area is 120 Å². The summed E-state index contributed by atoms with van der Waals surface area (Å²) in [5.74, 6) is 1.42. The minimum Gasteiger partial charge on any atom is -0.397 e. The molecule has 1 fully saturated rings. The summed E-state index contributed by atoms with van der Waals surface area (Å²) in [5, 5.41) is 0. The number of amides is 1. The Morgan fingerprint density at radius 2 is 1.90 bits per heavy atom. The SMILES string of the molecule is CCC(CC)C(=O)N1CCN(c2ccc(N)cn2)CC1. The van der Waals surface area contributed by atoms with Gasteiger partial charge < -0.3 is 15.5 Å². The Kier molecular flexibility index (Phi) is 4.82.